The Labute approximate surface area is 134 Å². The molecule has 3 heterocycles. The van der Waals surface area contributed by atoms with Gasteiger partial charge >= 0.3 is 0 Å². The average molecular weight is 316 g/mol. The zero-order valence-corrected chi connectivity index (χ0v) is 13.3. The van der Waals surface area contributed by atoms with Crippen LogP contribution in [0, 0.1) is 5.92 Å². The van der Waals surface area contributed by atoms with E-state index in [9.17, 15) is 4.79 Å². The molecule has 2 aromatic heterocycles. The maximum absolute atomic E-state index is 12.6. The molecule has 0 unspecified atom stereocenters. The van der Waals surface area contributed by atoms with Crippen LogP contribution in [0.15, 0.2) is 39.6 Å². The summed E-state index contributed by atoms with van der Waals surface area (Å²) in [4.78, 5) is 17.0. The summed E-state index contributed by atoms with van der Waals surface area (Å²) in [6.45, 7) is 4.65. The van der Waals surface area contributed by atoms with E-state index < -0.39 is 0 Å². The Bertz CT molecular complexity index is 615. The van der Waals surface area contributed by atoms with E-state index in [-0.39, 0.29) is 5.92 Å². The van der Waals surface area contributed by atoms with E-state index in [1.54, 1.807) is 17.6 Å². The maximum Gasteiger partial charge on any atom is 0.226 e. The SMILES string of the molecule is O=C([C@H]1C[C@H]1c1ccco1)N1CCN(Cc2ccsc2)CC1. The topological polar surface area (TPSA) is 36.7 Å². The van der Waals surface area contributed by atoms with Crippen LogP contribution >= 0.6 is 11.3 Å². The highest BCUT2D eigenvalue weighted by molar-refractivity contribution is 7.07. The lowest BCUT2D eigenvalue weighted by Crippen LogP contribution is -2.48. The van der Waals surface area contributed by atoms with Gasteiger partial charge in [0.2, 0.25) is 5.91 Å². The van der Waals surface area contributed by atoms with Gasteiger partial charge in [0.1, 0.15) is 5.76 Å². The molecule has 1 amide bonds. The van der Waals surface area contributed by atoms with Crippen molar-refractivity contribution in [2.75, 3.05) is 26.2 Å². The van der Waals surface area contributed by atoms with Crippen molar-refractivity contribution in [2.24, 2.45) is 5.92 Å². The molecule has 2 fully saturated rings. The number of piperazine rings is 1. The van der Waals surface area contributed by atoms with Crippen molar-refractivity contribution in [1.82, 2.24) is 9.80 Å². The molecule has 0 bridgehead atoms. The van der Waals surface area contributed by atoms with Crippen molar-refractivity contribution < 1.29 is 9.21 Å². The molecule has 5 heteroatoms. The molecule has 1 saturated heterocycles. The average Bonchev–Trinajstić information content (AvgIpc) is 2.94. The lowest BCUT2D eigenvalue weighted by molar-refractivity contribution is -0.134. The monoisotopic (exact) mass is 316 g/mol. The number of carbonyl (C=O) groups is 1. The Morgan fingerprint density at radius 1 is 1.27 bits per heavy atom. The Hall–Kier alpha value is -1.59. The summed E-state index contributed by atoms with van der Waals surface area (Å²) in [7, 11) is 0. The Morgan fingerprint density at radius 3 is 2.82 bits per heavy atom. The van der Waals surface area contributed by atoms with Gasteiger partial charge in [-0.2, -0.15) is 11.3 Å². The lowest BCUT2D eigenvalue weighted by Gasteiger charge is -2.34. The van der Waals surface area contributed by atoms with E-state index in [1.165, 1.54) is 5.56 Å². The summed E-state index contributed by atoms with van der Waals surface area (Å²) in [5.74, 6) is 1.74. The van der Waals surface area contributed by atoms with Crippen LogP contribution in [-0.2, 0) is 11.3 Å². The van der Waals surface area contributed by atoms with Crippen LogP contribution in [0.4, 0.5) is 0 Å². The van der Waals surface area contributed by atoms with Crippen LogP contribution in [-0.4, -0.2) is 41.9 Å². The van der Waals surface area contributed by atoms with Crippen LogP contribution in [0.3, 0.4) is 0 Å². The number of amides is 1. The molecule has 2 aliphatic rings. The van der Waals surface area contributed by atoms with E-state index in [0.29, 0.717) is 11.8 Å². The molecule has 4 rings (SSSR count). The number of rotatable bonds is 4. The number of nitrogens with zero attached hydrogens (tertiary/aromatic N) is 2. The normalized spacial score (nSPS) is 25.4. The first kappa shape index (κ1) is 14.0. The minimum atomic E-state index is 0.148. The predicted octanol–water partition coefficient (Wildman–Crippen LogP) is 2.79. The molecule has 22 heavy (non-hydrogen) atoms. The van der Waals surface area contributed by atoms with Crippen molar-refractivity contribution in [3.8, 4) is 0 Å². The molecule has 2 aromatic rings. The Kier molecular flexibility index (Phi) is 3.76. The fourth-order valence-electron chi connectivity index (χ4n) is 3.29. The van der Waals surface area contributed by atoms with Gasteiger partial charge in [-0.05, 0) is 40.9 Å². The van der Waals surface area contributed by atoms with E-state index in [1.807, 2.05) is 17.0 Å². The van der Waals surface area contributed by atoms with Gasteiger partial charge in [-0.25, -0.2) is 0 Å². The van der Waals surface area contributed by atoms with E-state index in [2.05, 4.69) is 21.7 Å². The number of thiophene rings is 1. The highest BCUT2D eigenvalue weighted by Gasteiger charge is 2.47. The smallest absolute Gasteiger partial charge is 0.226 e. The van der Waals surface area contributed by atoms with Gasteiger partial charge in [-0.1, -0.05) is 0 Å². The molecular formula is C17H20N2O2S. The molecule has 0 spiro atoms. The number of hydrogen-bond acceptors (Lipinski definition) is 4. The Morgan fingerprint density at radius 2 is 2.14 bits per heavy atom. The zero-order valence-electron chi connectivity index (χ0n) is 12.5. The summed E-state index contributed by atoms with van der Waals surface area (Å²) < 4.78 is 5.42. The number of furan rings is 1. The van der Waals surface area contributed by atoms with Crippen LogP contribution in [0.1, 0.15) is 23.7 Å². The van der Waals surface area contributed by atoms with Crippen LogP contribution in [0.5, 0.6) is 0 Å². The molecule has 0 N–H and O–H groups in total. The van der Waals surface area contributed by atoms with Gasteiger partial charge in [0.15, 0.2) is 0 Å². The predicted molar refractivity (Wildman–Crippen MR) is 85.7 cm³/mol. The van der Waals surface area contributed by atoms with Crippen molar-refractivity contribution in [1.29, 1.82) is 0 Å². The molecule has 1 aliphatic heterocycles. The van der Waals surface area contributed by atoms with Gasteiger partial charge < -0.3 is 9.32 Å². The summed E-state index contributed by atoms with van der Waals surface area (Å²) >= 11 is 1.74. The van der Waals surface area contributed by atoms with Crippen molar-refractivity contribution in [3.05, 3.63) is 46.5 Å². The van der Waals surface area contributed by atoms with Gasteiger partial charge in [0.05, 0.1) is 6.26 Å². The molecule has 116 valence electrons. The summed E-state index contributed by atoms with van der Waals surface area (Å²) in [5, 5.41) is 4.33. The molecular weight excluding hydrogens is 296 g/mol. The molecule has 1 saturated carbocycles. The standard InChI is InChI=1S/C17H20N2O2S/c20-17(15-10-14(15)16-2-1-8-21-16)19-6-4-18(5-7-19)11-13-3-9-22-12-13/h1-3,8-9,12,14-15H,4-7,10-11H2/t14-,15+/m1/s1. The first-order valence-electron chi connectivity index (χ1n) is 7.87. The highest BCUT2D eigenvalue weighted by Crippen LogP contribution is 2.48. The minimum absolute atomic E-state index is 0.148. The Balaban J connectivity index is 1.28. The van der Waals surface area contributed by atoms with Crippen molar-refractivity contribution in [2.45, 2.75) is 18.9 Å². The first-order chi connectivity index (χ1) is 10.8. The van der Waals surface area contributed by atoms with Crippen LogP contribution in [0.2, 0.25) is 0 Å². The number of hydrogen-bond donors (Lipinski definition) is 0. The zero-order chi connectivity index (χ0) is 14.9. The fourth-order valence-corrected chi connectivity index (χ4v) is 3.95. The van der Waals surface area contributed by atoms with Crippen molar-refractivity contribution in [3.63, 3.8) is 0 Å². The molecule has 4 nitrogen and oxygen atoms in total. The van der Waals surface area contributed by atoms with Crippen LogP contribution < -0.4 is 0 Å². The van der Waals surface area contributed by atoms with E-state index in [4.69, 9.17) is 4.42 Å². The van der Waals surface area contributed by atoms with Gasteiger partial charge in [-0.15, -0.1) is 0 Å². The molecule has 1 aliphatic carbocycles. The summed E-state index contributed by atoms with van der Waals surface area (Å²) in [6.07, 6.45) is 2.64. The second-order valence-corrected chi connectivity index (χ2v) is 6.98. The lowest BCUT2D eigenvalue weighted by atomic mass is 10.2. The third kappa shape index (κ3) is 2.83. The van der Waals surface area contributed by atoms with Gasteiger partial charge in [0, 0.05) is 44.6 Å². The largest absolute Gasteiger partial charge is 0.469 e. The fraction of sp³-hybridized carbons (Fsp3) is 0.471. The second kappa shape index (κ2) is 5.89. The summed E-state index contributed by atoms with van der Waals surface area (Å²) in [5.41, 5.74) is 1.38. The van der Waals surface area contributed by atoms with E-state index >= 15 is 0 Å². The quantitative estimate of drug-likeness (QED) is 0.870. The summed E-state index contributed by atoms with van der Waals surface area (Å²) in [6, 6.07) is 6.06. The molecule has 0 radical (unpaired) electrons. The van der Waals surface area contributed by atoms with Gasteiger partial charge in [-0.3, -0.25) is 9.69 Å². The third-order valence-electron chi connectivity index (χ3n) is 4.69. The highest BCUT2D eigenvalue weighted by atomic mass is 32.1. The minimum Gasteiger partial charge on any atom is -0.469 e. The molecule has 0 aromatic carbocycles. The second-order valence-electron chi connectivity index (χ2n) is 6.20. The molecule has 2 atom stereocenters. The number of carbonyl (C=O) groups excluding carboxylic acids is 1. The third-order valence-corrected chi connectivity index (χ3v) is 5.42. The van der Waals surface area contributed by atoms with E-state index in [0.717, 1.165) is 44.9 Å². The first-order valence-corrected chi connectivity index (χ1v) is 8.81. The maximum atomic E-state index is 12.6. The van der Waals surface area contributed by atoms with Crippen molar-refractivity contribution >= 4 is 17.2 Å². The van der Waals surface area contributed by atoms with Crippen LogP contribution in [0.25, 0.3) is 0 Å². The van der Waals surface area contributed by atoms with Gasteiger partial charge in [0.25, 0.3) is 0 Å².